The van der Waals surface area contributed by atoms with E-state index in [1.807, 2.05) is 48.7 Å². The molecule has 0 radical (unpaired) electrons. The van der Waals surface area contributed by atoms with Crippen molar-refractivity contribution in [2.45, 2.75) is 17.8 Å². The van der Waals surface area contributed by atoms with Crippen LogP contribution in [0.5, 0.6) is 5.75 Å². The van der Waals surface area contributed by atoms with Crippen molar-refractivity contribution in [1.82, 2.24) is 19.9 Å². The van der Waals surface area contributed by atoms with Crippen molar-refractivity contribution >= 4 is 23.1 Å². The second-order valence-electron chi connectivity index (χ2n) is 5.69. The van der Waals surface area contributed by atoms with Crippen LogP contribution in [-0.2, 0) is 5.75 Å². The van der Waals surface area contributed by atoms with E-state index in [0.717, 1.165) is 27.6 Å². The minimum atomic E-state index is 0.594. The topological polar surface area (TPSA) is 92.0 Å². The summed E-state index contributed by atoms with van der Waals surface area (Å²) in [6, 6.07) is 11.5. The van der Waals surface area contributed by atoms with Gasteiger partial charge in [-0.05, 0) is 42.6 Å². The van der Waals surface area contributed by atoms with Crippen molar-refractivity contribution in [2.75, 3.05) is 13.0 Å². The number of oxazole rings is 1. The molecule has 2 N–H and O–H groups in total. The molecule has 0 amide bonds. The number of nitrogens with zero attached hydrogens (tertiary/aromatic N) is 4. The van der Waals surface area contributed by atoms with E-state index in [1.165, 1.54) is 16.4 Å². The molecule has 0 bridgehead atoms. The van der Waals surface area contributed by atoms with E-state index in [1.54, 1.807) is 18.4 Å². The number of nitrogens with two attached hydrogens (primary N) is 1. The summed E-state index contributed by atoms with van der Waals surface area (Å²) in [4.78, 5) is 5.60. The molecule has 9 heteroatoms. The maximum atomic E-state index is 6.19. The van der Waals surface area contributed by atoms with E-state index >= 15 is 0 Å². The number of hydrogen-bond donors (Lipinski definition) is 1. The summed E-state index contributed by atoms with van der Waals surface area (Å²) in [5.41, 5.74) is 1.74. The molecule has 138 valence electrons. The molecule has 0 aliphatic heterocycles. The zero-order chi connectivity index (χ0) is 18.8. The normalized spacial score (nSPS) is 11.0. The van der Waals surface area contributed by atoms with Gasteiger partial charge >= 0.3 is 0 Å². The molecule has 0 atom stereocenters. The van der Waals surface area contributed by atoms with Gasteiger partial charge in [0.1, 0.15) is 11.5 Å². The lowest BCUT2D eigenvalue weighted by Gasteiger charge is -2.04. The zero-order valence-corrected chi connectivity index (χ0v) is 16.4. The van der Waals surface area contributed by atoms with Crippen LogP contribution < -0.4 is 10.6 Å². The maximum Gasteiger partial charge on any atom is 0.236 e. The van der Waals surface area contributed by atoms with Crippen LogP contribution in [0, 0.1) is 6.92 Å². The average Bonchev–Trinajstić information content (AvgIpc) is 3.41. The van der Waals surface area contributed by atoms with Crippen molar-refractivity contribution < 1.29 is 9.15 Å². The van der Waals surface area contributed by atoms with Crippen molar-refractivity contribution in [3.8, 4) is 27.9 Å². The summed E-state index contributed by atoms with van der Waals surface area (Å²) >= 11 is 3.07. The fourth-order valence-corrected chi connectivity index (χ4v) is 4.02. The van der Waals surface area contributed by atoms with Crippen molar-refractivity contribution in [3.05, 3.63) is 53.2 Å². The Morgan fingerprint density at radius 2 is 2.04 bits per heavy atom. The number of thiophene rings is 1. The van der Waals surface area contributed by atoms with Gasteiger partial charge in [-0.1, -0.05) is 17.8 Å². The highest BCUT2D eigenvalue weighted by molar-refractivity contribution is 7.98. The summed E-state index contributed by atoms with van der Waals surface area (Å²) in [6.45, 7) is 1.91. The van der Waals surface area contributed by atoms with Crippen molar-refractivity contribution in [3.63, 3.8) is 0 Å². The van der Waals surface area contributed by atoms with Gasteiger partial charge < -0.3 is 15.0 Å². The van der Waals surface area contributed by atoms with Crippen LogP contribution >= 0.6 is 23.1 Å². The predicted octanol–water partition coefficient (Wildman–Crippen LogP) is 3.98. The molecular formula is C18H17N5O2S2. The molecular weight excluding hydrogens is 382 g/mol. The molecule has 0 saturated heterocycles. The average molecular weight is 400 g/mol. The summed E-state index contributed by atoms with van der Waals surface area (Å²) in [7, 11) is 1.63. The van der Waals surface area contributed by atoms with E-state index in [9.17, 15) is 0 Å². The molecule has 0 fully saturated rings. The van der Waals surface area contributed by atoms with Crippen molar-refractivity contribution in [1.29, 1.82) is 0 Å². The molecule has 0 aliphatic rings. The fourth-order valence-electron chi connectivity index (χ4n) is 2.51. The van der Waals surface area contributed by atoms with Crippen LogP contribution in [-0.4, -0.2) is 27.0 Å². The van der Waals surface area contributed by atoms with Gasteiger partial charge in [0, 0.05) is 11.3 Å². The molecule has 3 heterocycles. The Bertz CT molecular complexity index is 1040. The second-order valence-corrected chi connectivity index (χ2v) is 7.58. The van der Waals surface area contributed by atoms with Gasteiger partial charge in [-0.25, -0.2) is 9.66 Å². The summed E-state index contributed by atoms with van der Waals surface area (Å²) in [6.07, 6.45) is 0. The molecule has 0 unspecified atom stereocenters. The first-order chi connectivity index (χ1) is 13.2. The van der Waals surface area contributed by atoms with Crippen LogP contribution in [0.2, 0.25) is 0 Å². The number of ether oxygens (including phenoxy) is 1. The van der Waals surface area contributed by atoms with Gasteiger partial charge in [-0.15, -0.1) is 21.5 Å². The van der Waals surface area contributed by atoms with Gasteiger partial charge in [0.15, 0.2) is 5.82 Å². The molecule has 7 nitrogen and oxygen atoms in total. The van der Waals surface area contributed by atoms with Crippen LogP contribution in [0.1, 0.15) is 11.5 Å². The monoisotopic (exact) mass is 399 g/mol. The van der Waals surface area contributed by atoms with Crippen LogP contribution in [0.3, 0.4) is 0 Å². The third kappa shape index (κ3) is 3.56. The lowest BCUT2D eigenvalue weighted by Crippen LogP contribution is -2.11. The lowest BCUT2D eigenvalue weighted by molar-refractivity contribution is 0.415. The Morgan fingerprint density at radius 1 is 1.22 bits per heavy atom. The molecule has 3 aromatic heterocycles. The van der Waals surface area contributed by atoms with E-state index < -0.39 is 0 Å². The van der Waals surface area contributed by atoms with Gasteiger partial charge in [0.2, 0.25) is 11.0 Å². The van der Waals surface area contributed by atoms with Gasteiger partial charge in [0.25, 0.3) is 0 Å². The molecule has 0 spiro atoms. The first-order valence-electron chi connectivity index (χ1n) is 8.13. The van der Waals surface area contributed by atoms with Crippen LogP contribution in [0.4, 0.5) is 0 Å². The van der Waals surface area contributed by atoms with Gasteiger partial charge in [-0.2, -0.15) is 0 Å². The number of rotatable bonds is 6. The van der Waals surface area contributed by atoms with Gasteiger partial charge in [0.05, 0.1) is 17.7 Å². The Hall–Kier alpha value is -2.78. The third-order valence-corrected chi connectivity index (χ3v) is 5.79. The Labute approximate surface area is 164 Å². The molecule has 0 aliphatic carbocycles. The SMILES string of the molecule is COc1ccc(-c2nnc(SCc3nc(-c4cccs4)oc3C)n2N)cc1. The predicted molar refractivity (Wildman–Crippen MR) is 106 cm³/mol. The quantitative estimate of drug-likeness (QED) is 0.387. The molecule has 27 heavy (non-hydrogen) atoms. The van der Waals surface area contributed by atoms with Crippen LogP contribution in [0.25, 0.3) is 22.2 Å². The minimum Gasteiger partial charge on any atom is -0.497 e. The maximum absolute atomic E-state index is 6.19. The lowest BCUT2D eigenvalue weighted by atomic mass is 10.2. The largest absolute Gasteiger partial charge is 0.497 e. The number of aryl methyl sites for hydroxylation is 1. The first kappa shape index (κ1) is 17.6. The minimum absolute atomic E-state index is 0.594. The highest BCUT2D eigenvalue weighted by Crippen LogP contribution is 2.30. The third-order valence-electron chi connectivity index (χ3n) is 3.98. The Balaban J connectivity index is 1.50. The highest BCUT2D eigenvalue weighted by Gasteiger charge is 2.16. The first-order valence-corrected chi connectivity index (χ1v) is 10.00. The number of thioether (sulfide) groups is 1. The smallest absolute Gasteiger partial charge is 0.236 e. The summed E-state index contributed by atoms with van der Waals surface area (Å²) < 4.78 is 12.4. The Morgan fingerprint density at radius 3 is 2.74 bits per heavy atom. The van der Waals surface area contributed by atoms with E-state index in [2.05, 4.69) is 15.2 Å². The number of hydrogen-bond acceptors (Lipinski definition) is 8. The van der Waals surface area contributed by atoms with Gasteiger partial charge in [-0.3, -0.25) is 0 Å². The molecule has 0 saturated carbocycles. The molecule has 4 rings (SSSR count). The molecule has 1 aromatic carbocycles. The zero-order valence-electron chi connectivity index (χ0n) is 14.7. The fraction of sp³-hybridized carbons (Fsp3) is 0.167. The summed E-state index contributed by atoms with van der Waals surface area (Å²) in [5, 5.41) is 11.0. The van der Waals surface area contributed by atoms with E-state index in [4.69, 9.17) is 15.0 Å². The molecule has 4 aromatic rings. The Kier molecular flexibility index (Phi) is 4.87. The van der Waals surface area contributed by atoms with E-state index in [-0.39, 0.29) is 0 Å². The highest BCUT2D eigenvalue weighted by atomic mass is 32.2. The van der Waals surface area contributed by atoms with Crippen LogP contribution in [0.15, 0.2) is 51.4 Å². The second kappa shape index (κ2) is 7.45. The van der Waals surface area contributed by atoms with E-state index in [0.29, 0.717) is 22.6 Å². The number of methoxy groups -OCH3 is 1. The number of aromatic nitrogens is 4. The standard InChI is InChI=1S/C18H17N5O2S2/c1-11-14(20-17(25-11)15-4-3-9-26-15)10-27-18-22-21-16(23(18)19)12-5-7-13(24-2)8-6-12/h3-9H,10,19H2,1-2H3. The van der Waals surface area contributed by atoms with Crippen molar-refractivity contribution in [2.24, 2.45) is 0 Å². The number of benzene rings is 1. The number of nitrogen functional groups attached to an aromatic ring is 1. The summed E-state index contributed by atoms with van der Waals surface area (Å²) in [5.74, 6) is 9.60.